The summed E-state index contributed by atoms with van der Waals surface area (Å²) in [5.41, 5.74) is -0.375. The number of benzene rings is 1. The zero-order valence-electron chi connectivity index (χ0n) is 13.2. The van der Waals surface area contributed by atoms with E-state index in [9.17, 15) is 18.5 Å². The molecule has 0 saturated carbocycles. The van der Waals surface area contributed by atoms with E-state index in [1.165, 1.54) is 28.6 Å². The average Bonchev–Trinajstić information content (AvgIpc) is 3.26. The van der Waals surface area contributed by atoms with Gasteiger partial charge in [-0.3, -0.25) is 10.1 Å². The summed E-state index contributed by atoms with van der Waals surface area (Å²) >= 11 is 1.71. The number of rotatable bonds is 6. The Kier molecular flexibility index (Phi) is 5.43. The van der Waals surface area contributed by atoms with Gasteiger partial charge in [0.1, 0.15) is 0 Å². The van der Waals surface area contributed by atoms with Crippen LogP contribution in [0.4, 0.5) is 5.69 Å². The van der Waals surface area contributed by atoms with Crippen molar-refractivity contribution in [3.63, 3.8) is 0 Å². The molecule has 0 spiro atoms. The quantitative estimate of drug-likeness (QED) is 0.562. The molecular weight excluding hydrogens is 352 g/mol. The minimum Gasteiger partial charge on any atom is -0.377 e. The number of para-hydroxylation sites is 1. The lowest BCUT2D eigenvalue weighted by atomic mass is 10.2. The topological polar surface area (TPSA) is 89.8 Å². The Labute approximate surface area is 145 Å². The van der Waals surface area contributed by atoms with Crippen molar-refractivity contribution < 1.29 is 18.1 Å². The lowest BCUT2D eigenvalue weighted by Crippen LogP contribution is -2.44. The van der Waals surface area contributed by atoms with E-state index in [-0.39, 0.29) is 29.3 Å². The van der Waals surface area contributed by atoms with E-state index in [2.05, 4.69) is 0 Å². The first-order valence-electron chi connectivity index (χ1n) is 7.95. The van der Waals surface area contributed by atoms with Gasteiger partial charge in [0.15, 0.2) is 4.90 Å². The number of nitro benzene ring substituents is 1. The van der Waals surface area contributed by atoms with Gasteiger partial charge in [-0.2, -0.15) is 16.1 Å². The number of nitrogens with zero attached hydrogens (tertiary/aromatic N) is 2. The first-order valence-corrected chi connectivity index (χ1v) is 10.5. The maximum Gasteiger partial charge on any atom is 0.289 e. The van der Waals surface area contributed by atoms with Gasteiger partial charge in [0.2, 0.25) is 10.0 Å². The number of hydrogen-bond acceptors (Lipinski definition) is 6. The molecule has 0 bridgehead atoms. The molecule has 0 radical (unpaired) electrons. The van der Waals surface area contributed by atoms with Crippen LogP contribution in [-0.4, -0.2) is 54.4 Å². The highest BCUT2D eigenvalue weighted by Gasteiger charge is 2.39. The van der Waals surface area contributed by atoms with Crippen molar-refractivity contribution in [1.29, 1.82) is 0 Å². The maximum atomic E-state index is 13.2. The molecule has 1 aromatic rings. The van der Waals surface area contributed by atoms with Crippen molar-refractivity contribution in [2.75, 3.05) is 24.7 Å². The van der Waals surface area contributed by atoms with E-state index in [1.807, 2.05) is 0 Å². The smallest absolute Gasteiger partial charge is 0.289 e. The molecule has 2 heterocycles. The van der Waals surface area contributed by atoms with Crippen molar-refractivity contribution in [2.24, 2.45) is 0 Å². The molecule has 2 fully saturated rings. The summed E-state index contributed by atoms with van der Waals surface area (Å²) in [7, 11) is -3.95. The summed E-state index contributed by atoms with van der Waals surface area (Å²) in [4.78, 5) is 10.4. The van der Waals surface area contributed by atoms with Crippen molar-refractivity contribution in [3.8, 4) is 0 Å². The van der Waals surface area contributed by atoms with Crippen molar-refractivity contribution in [3.05, 3.63) is 34.4 Å². The SMILES string of the molecule is O=[N+]([O-])c1ccccc1S(=O)(=O)N(C[C@H]1CCCO1)[C@@H]1CCSC1. The van der Waals surface area contributed by atoms with Crippen molar-refractivity contribution >= 4 is 27.5 Å². The number of sulfonamides is 1. The molecule has 2 aliphatic rings. The maximum absolute atomic E-state index is 13.2. The number of thioether (sulfide) groups is 1. The summed E-state index contributed by atoms with van der Waals surface area (Å²) in [6, 6.07) is 5.42. The second-order valence-electron chi connectivity index (χ2n) is 5.95. The zero-order chi connectivity index (χ0) is 17.2. The Morgan fingerprint density at radius 2 is 2.12 bits per heavy atom. The molecule has 3 rings (SSSR count). The van der Waals surface area contributed by atoms with Gasteiger partial charge < -0.3 is 4.74 Å². The Balaban J connectivity index is 1.97. The number of ether oxygens (including phenoxy) is 1. The predicted octanol–water partition coefficient (Wildman–Crippen LogP) is 2.27. The molecule has 132 valence electrons. The van der Waals surface area contributed by atoms with Gasteiger partial charge in [0, 0.05) is 31.0 Å². The first-order chi connectivity index (χ1) is 11.5. The van der Waals surface area contributed by atoms with Gasteiger partial charge in [-0.1, -0.05) is 12.1 Å². The second kappa shape index (κ2) is 7.38. The monoisotopic (exact) mass is 372 g/mol. The zero-order valence-corrected chi connectivity index (χ0v) is 14.8. The van der Waals surface area contributed by atoms with Crippen LogP contribution in [0.15, 0.2) is 29.2 Å². The molecule has 0 N–H and O–H groups in total. The van der Waals surface area contributed by atoms with Crippen LogP contribution in [0.1, 0.15) is 19.3 Å². The van der Waals surface area contributed by atoms with Gasteiger partial charge in [0.25, 0.3) is 5.69 Å². The molecule has 2 atom stereocenters. The third-order valence-corrected chi connectivity index (χ3v) is 7.48. The highest BCUT2D eigenvalue weighted by molar-refractivity contribution is 7.99. The third kappa shape index (κ3) is 3.58. The van der Waals surface area contributed by atoms with E-state index in [0.29, 0.717) is 12.4 Å². The van der Waals surface area contributed by atoms with Crippen LogP contribution in [0.25, 0.3) is 0 Å². The molecular formula is C15H20N2O5S2. The van der Waals surface area contributed by atoms with E-state index in [1.54, 1.807) is 11.8 Å². The van der Waals surface area contributed by atoms with Gasteiger partial charge in [-0.25, -0.2) is 8.42 Å². The van der Waals surface area contributed by atoms with Crippen LogP contribution in [0.5, 0.6) is 0 Å². The van der Waals surface area contributed by atoms with E-state index >= 15 is 0 Å². The normalized spacial score (nSPS) is 24.5. The van der Waals surface area contributed by atoms with E-state index in [0.717, 1.165) is 25.0 Å². The molecule has 2 aliphatic heterocycles. The summed E-state index contributed by atoms with van der Waals surface area (Å²) < 4.78 is 33.4. The van der Waals surface area contributed by atoms with Gasteiger partial charge in [0.05, 0.1) is 11.0 Å². The molecule has 0 aromatic heterocycles. The fourth-order valence-corrected chi connectivity index (χ4v) is 6.30. The Bertz CT molecular complexity index is 698. The minimum atomic E-state index is -3.95. The Morgan fingerprint density at radius 1 is 1.33 bits per heavy atom. The standard InChI is InChI=1S/C15H20N2O5S2/c18-17(19)14-5-1-2-6-15(14)24(20,21)16(12-7-9-23-11-12)10-13-4-3-8-22-13/h1-2,5-6,12-13H,3-4,7-11H2/t12-,13-/m1/s1. The molecule has 9 heteroatoms. The second-order valence-corrected chi connectivity index (χ2v) is 8.96. The summed E-state index contributed by atoms with van der Waals surface area (Å²) in [5, 5.41) is 11.3. The lowest BCUT2D eigenvalue weighted by molar-refractivity contribution is -0.387. The average molecular weight is 372 g/mol. The molecule has 7 nitrogen and oxygen atoms in total. The van der Waals surface area contributed by atoms with Crippen LogP contribution in [0.2, 0.25) is 0 Å². The highest BCUT2D eigenvalue weighted by atomic mass is 32.2. The predicted molar refractivity (Wildman–Crippen MR) is 91.7 cm³/mol. The molecule has 1 aromatic carbocycles. The fourth-order valence-electron chi connectivity index (χ4n) is 3.13. The van der Waals surface area contributed by atoms with Crippen LogP contribution < -0.4 is 0 Å². The number of nitro groups is 1. The van der Waals surface area contributed by atoms with Crippen LogP contribution >= 0.6 is 11.8 Å². The molecule has 0 amide bonds. The number of hydrogen-bond donors (Lipinski definition) is 0. The Morgan fingerprint density at radius 3 is 2.75 bits per heavy atom. The van der Waals surface area contributed by atoms with Gasteiger partial charge in [-0.05, 0) is 31.1 Å². The summed E-state index contributed by atoms with van der Waals surface area (Å²) in [6.07, 6.45) is 2.37. The summed E-state index contributed by atoms with van der Waals surface area (Å²) in [5.74, 6) is 1.62. The highest BCUT2D eigenvalue weighted by Crippen LogP contribution is 2.32. The Hall–Kier alpha value is -1.16. The van der Waals surface area contributed by atoms with Crippen molar-refractivity contribution in [1.82, 2.24) is 4.31 Å². The fraction of sp³-hybridized carbons (Fsp3) is 0.600. The van der Waals surface area contributed by atoms with E-state index in [4.69, 9.17) is 4.74 Å². The third-order valence-electron chi connectivity index (χ3n) is 4.37. The van der Waals surface area contributed by atoms with Crippen LogP contribution in [0, 0.1) is 10.1 Å². The van der Waals surface area contributed by atoms with Crippen LogP contribution in [0.3, 0.4) is 0 Å². The lowest BCUT2D eigenvalue weighted by Gasteiger charge is -2.29. The molecule has 24 heavy (non-hydrogen) atoms. The molecule has 0 aliphatic carbocycles. The van der Waals surface area contributed by atoms with Gasteiger partial charge in [-0.15, -0.1) is 0 Å². The van der Waals surface area contributed by atoms with Crippen molar-refractivity contribution in [2.45, 2.75) is 36.3 Å². The molecule has 0 unspecified atom stereocenters. The first kappa shape index (κ1) is 17.7. The van der Waals surface area contributed by atoms with E-state index < -0.39 is 14.9 Å². The molecule has 2 saturated heterocycles. The largest absolute Gasteiger partial charge is 0.377 e. The van der Waals surface area contributed by atoms with Crippen LogP contribution in [-0.2, 0) is 14.8 Å². The van der Waals surface area contributed by atoms with Gasteiger partial charge >= 0.3 is 0 Å². The summed E-state index contributed by atoms with van der Waals surface area (Å²) in [6.45, 7) is 0.906. The minimum absolute atomic E-state index is 0.131.